The molecule has 1 aliphatic heterocycles. The van der Waals surface area contributed by atoms with Gasteiger partial charge < -0.3 is 9.88 Å². The minimum absolute atomic E-state index is 0.134. The van der Waals surface area contributed by atoms with E-state index in [2.05, 4.69) is 32.3 Å². The van der Waals surface area contributed by atoms with Crippen molar-refractivity contribution in [2.45, 2.75) is 26.2 Å². The van der Waals surface area contributed by atoms with Crippen LogP contribution in [0, 0.1) is 6.92 Å². The fraction of sp³-hybridized carbons (Fsp3) is 0.316. The molecule has 0 aliphatic carbocycles. The summed E-state index contributed by atoms with van der Waals surface area (Å²) in [6.07, 6.45) is 3.62. The van der Waals surface area contributed by atoms with Gasteiger partial charge in [0.1, 0.15) is 0 Å². The van der Waals surface area contributed by atoms with E-state index in [-0.39, 0.29) is 5.91 Å². The summed E-state index contributed by atoms with van der Waals surface area (Å²) in [7, 11) is 0. The summed E-state index contributed by atoms with van der Waals surface area (Å²) in [5.74, 6) is 0.134. The lowest BCUT2D eigenvalue weighted by Crippen LogP contribution is -2.34. The molecule has 6 heteroatoms. The van der Waals surface area contributed by atoms with Gasteiger partial charge in [-0.05, 0) is 13.3 Å². The lowest BCUT2D eigenvalue weighted by Gasteiger charge is -2.20. The lowest BCUT2D eigenvalue weighted by molar-refractivity contribution is -0.130. The number of hydrogen-bond acceptors (Lipinski definition) is 3. The maximum absolute atomic E-state index is 12.6. The van der Waals surface area contributed by atoms with Crippen molar-refractivity contribution in [3.8, 4) is 11.3 Å². The zero-order valence-corrected chi connectivity index (χ0v) is 14.2. The number of nitrogens with one attached hydrogen (secondary N) is 2. The zero-order valence-electron chi connectivity index (χ0n) is 14.2. The molecule has 0 saturated heterocycles. The second kappa shape index (κ2) is 6.55. The largest absolute Gasteiger partial charge is 0.348 e. The van der Waals surface area contributed by atoms with Gasteiger partial charge in [-0.3, -0.25) is 9.89 Å². The summed E-state index contributed by atoms with van der Waals surface area (Å²) in [5.41, 5.74) is 6.30. The van der Waals surface area contributed by atoms with E-state index in [9.17, 15) is 4.79 Å². The number of benzene rings is 1. The Bertz CT molecular complexity index is 880. The summed E-state index contributed by atoms with van der Waals surface area (Å²) in [4.78, 5) is 21.9. The van der Waals surface area contributed by atoms with Crippen LogP contribution >= 0.6 is 0 Å². The van der Waals surface area contributed by atoms with Gasteiger partial charge in [0.2, 0.25) is 5.91 Å². The molecule has 3 heterocycles. The molecule has 1 aliphatic rings. The van der Waals surface area contributed by atoms with Gasteiger partial charge in [0.05, 0.1) is 24.1 Å². The number of aromatic nitrogens is 4. The number of imidazole rings is 1. The Morgan fingerprint density at radius 3 is 2.76 bits per heavy atom. The number of aromatic amines is 2. The van der Waals surface area contributed by atoms with Gasteiger partial charge in [-0.2, -0.15) is 5.10 Å². The topological polar surface area (TPSA) is 77.7 Å². The fourth-order valence-corrected chi connectivity index (χ4v) is 3.39. The van der Waals surface area contributed by atoms with Gasteiger partial charge in [0.25, 0.3) is 0 Å². The first-order valence-corrected chi connectivity index (χ1v) is 8.60. The highest BCUT2D eigenvalue weighted by atomic mass is 16.2. The van der Waals surface area contributed by atoms with E-state index < -0.39 is 0 Å². The molecule has 0 unspecified atom stereocenters. The van der Waals surface area contributed by atoms with Crippen LogP contribution in [0.3, 0.4) is 0 Å². The van der Waals surface area contributed by atoms with Crippen molar-refractivity contribution < 1.29 is 4.79 Å². The Balaban J connectivity index is 1.50. The Labute approximate surface area is 146 Å². The molecule has 0 atom stereocenters. The summed E-state index contributed by atoms with van der Waals surface area (Å²) in [6, 6.07) is 10.2. The van der Waals surface area contributed by atoms with Crippen LogP contribution in [0.2, 0.25) is 0 Å². The average molecular weight is 335 g/mol. The number of carbonyl (C=O) groups is 1. The monoisotopic (exact) mass is 335 g/mol. The minimum Gasteiger partial charge on any atom is -0.348 e. The number of hydrogen-bond donors (Lipinski definition) is 2. The van der Waals surface area contributed by atoms with E-state index in [1.54, 1.807) is 6.33 Å². The minimum atomic E-state index is 0.134. The van der Waals surface area contributed by atoms with Gasteiger partial charge in [-0.25, -0.2) is 4.98 Å². The average Bonchev–Trinajstić information content (AvgIpc) is 3.16. The SMILES string of the molecule is Cc1[nH]cnc1CC(=O)N1CCc2[nH]nc(-c3ccccc3)c2CC1. The quantitative estimate of drug-likeness (QED) is 0.771. The van der Waals surface area contributed by atoms with Crippen molar-refractivity contribution in [3.05, 3.63) is 59.3 Å². The summed E-state index contributed by atoms with van der Waals surface area (Å²) in [6.45, 7) is 3.38. The molecule has 3 aromatic rings. The number of carbonyl (C=O) groups excluding carboxylic acids is 1. The second-order valence-corrected chi connectivity index (χ2v) is 6.43. The molecule has 2 N–H and O–H groups in total. The molecular formula is C19H21N5O. The first kappa shape index (κ1) is 15.6. The molecule has 0 fully saturated rings. The smallest absolute Gasteiger partial charge is 0.228 e. The van der Waals surface area contributed by atoms with E-state index in [1.807, 2.05) is 30.0 Å². The van der Waals surface area contributed by atoms with Crippen molar-refractivity contribution in [2.24, 2.45) is 0 Å². The highest BCUT2D eigenvalue weighted by Crippen LogP contribution is 2.26. The van der Waals surface area contributed by atoms with Crippen LogP contribution in [0.5, 0.6) is 0 Å². The van der Waals surface area contributed by atoms with Crippen LogP contribution in [0.15, 0.2) is 36.7 Å². The highest BCUT2D eigenvalue weighted by Gasteiger charge is 2.23. The normalized spacial score (nSPS) is 14.2. The predicted octanol–water partition coefficient (Wildman–Crippen LogP) is 2.28. The predicted molar refractivity (Wildman–Crippen MR) is 95.0 cm³/mol. The van der Waals surface area contributed by atoms with Crippen LogP contribution in [-0.4, -0.2) is 44.1 Å². The first-order chi connectivity index (χ1) is 12.2. The number of rotatable bonds is 3. The number of nitrogens with zero attached hydrogens (tertiary/aromatic N) is 3. The molecule has 25 heavy (non-hydrogen) atoms. The van der Waals surface area contributed by atoms with Crippen molar-refractivity contribution in [1.82, 2.24) is 25.1 Å². The highest BCUT2D eigenvalue weighted by molar-refractivity contribution is 5.79. The molecule has 128 valence electrons. The van der Waals surface area contributed by atoms with E-state index >= 15 is 0 Å². The number of H-pyrrole nitrogens is 2. The molecule has 4 rings (SSSR count). The van der Waals surface area contributed by atoms with Crippen LogP contribution in [0.1, 0.15) is 22.6 Å². The Hall–Kier alpha value is -2.89. The number of aryl methyl sites for hydroxylation is 1. The number of amides is 1. The molecule has 0 saturated carbocycles. The third-order valence-electron chi connectivity index (χ3n) is 4.87. The van der Waals surface area contributed by atoms with Crippen LogP contribution < -0.4 is 0 Å². The molecule has 1 amide bonds. The van der Waals surface area contributed by atoms with Crippen molar-refractivity contribution in [1.29, 1.82) is 0 Å². The van der Waals surface area contributed by atoms with Crippen LogP contribution in [0.25, 0.3) is 11.3 Å². The third-order valence-corrected chi connectivity index (χ3v) is 4.87. The molecule has 0 spiro atoms. The van der Waals surface area contributed by atoms with Crippen LogP contribution in [-0.2, 0) is 24.1 Å². The molecular weight excluding hydrogens is 314 g/mol. The third kappa shape index (κ3) is 3.07. The van der Waals surface area contributed by atoms with E-state index in [4.69, 9.17) is 0 Å². The zero-order chi connectivity index (χ0) is 17.2. The molecule has 2 aromatic heterocycles. The molecule has 0 bridgehead atoms. The summed E-state index contributed by atoms with van der Waals surface area (Å²) >= 11 is 0. The summed E-state index contributed by atoms with van der Waals surface area (Å²) in [5, 5.41) is 7.68. The van der Waals surface area contributed by atoms with Gasteiger partial charge >= 0.3 is 0 Å². The standard InChI is InChI=1S/C19H21N5O/c1-13-17(21-12-20-13)11-18(25)24-9-7-15-16(8-10-24)22-23-19(15)14-5-3-2-4-6-14/h2-6,12H,7-11H2,1H3,(H,20,21)(H,22,23). The Morgan fingerprint density at radius 1 is 1.20 bits per heavy atom. The first-order valence-electron chi connectivity index (χ1n) is 8.60. The Kier molecular flexibility index (Phi) is 4.09. The second-order valence-electron chi connectivity index (χ2n) is 6.43. The molecule has 1 aromatic carbocycles. The van der Waals surface area contributed by atoms with Crippen molar-refractivity contribution >= 4 is 5.91 Å². The Morgan fingerprint density at radius 2 is 2.00 bits per heavy atom. The van der Waals surface area contributed by atoms with E-state index in [0.717, 1.165) is 41.2 Å². The van der Waals surface area contributed by atoms with Gasteiger partial charge in [0.15, 0.2) is 0 Å². The van der Waals surface area contributed by atoms with Gasteiger partial charge in [0, 0.05) is 42.0 Å². The maximum Gasteiger partial charge on any atom is 0.228 e. The fourth-order valence-electron chi connectivity index (χ4n) is 3.39. The molecule has 6 nitrogen and oxygen atoms in total. The van der Waals surface area contributed by atoms with E-state index in [1.165, 1.54) is 5.56 Å². The van der Waals surface area contributed by atoms with E-state index in [0.29, 0.717) is 19.5 Å². The van der Waals surface area contributed by atoms with Crippen molar-refractivity contribution in [3.63, 3.8) is 0 Å². The van der Waals surface area contributed by atoms with Gasteiger partial charge in [-0.15, -0.1) is 0 Å². The molecule has 0 radical (unpaired) electrons. The maximum atomic E-state index is 12.6. The van der Waals surface area contributed by atoms with Gasteiger partial charge in [-0.1, -0.05) is 30.3 Å². The van der Waals surface area contributed by atoms with Crippen molar-refractivity contribution in [2.75, 3.05) is 13.1 Å². The van der Waals surface area contributed by atoms with Crippen LogP contribution in [0.4, 0.5) is 0 Å². The summed E-state index contributed by atoms with van der Waals surface area (Å²) < 4.78 is 0. The lowest BCUT2D eigenvalue weighted by atomic mass is 10.0. The number of fused-ring (bicyclic) bond motifs is 1.